The maximum Gasteiger partial charge on any atom is 0.243 e. The quantitative estimate of drug-likeness (QED) is 0.503. The molecular weight excluding hydrogens is 357 g/mol. The van der Waals surface area contributed by atoms with Crippen LogP contribution in [0.2, 0.25) is 0 Å². The number of carbonyl (C=O) groups is 2. The maximum absolute atomic E-state index is 13.1. The first-order chi connectivity index (χ1) is 12.4. The summed E-state index contributed by atoms with van der Waals surface area (Å²) in [5, 5.41) is 12.2. The molecule has 2 heterocycles. The molecule has 1 aromatic carbocycles. The Labute approximate surface area is 153 Å². The lowest BCUT2D eigenvalue weighted by Gasteiger charge is -2.17. The van der Waals surface area contributed by atoms with Crippen molar-refractivity contribution in [1.82, 2.24) is 24.7 Å². The molecule has 0 bridgehead atoms. The summed E-state index contributed by atoms with van der Waals surface area (Å²) in [5.74, 6) is -0.455. The number of hydrogen-bond donors (Lipinski definition) is 0. The number of aromatic nitrogens is 4. The van der Waals surface area contributed by atoms with Crippen LogP contribution in [0, 0.1) is 5.82 Å². The van der Waals surface area contributed by atoms with Gasteiger partial charge in [-0.1, -0.05) is 11.8 Å². The number of thioether (sulfide) groups is 1. The van der Waals surface area contributed by atoms with Crippen molar-refractivity contribution in [3.63, 3.8) is 0 Å². The van der Waals surface area contributed by atoms with Gasteiger partial charge in [0.2, 0.25) is 5.91 Å². The van der Waals surface area contributed by atoms with Crippen LogP contribution in [0.4, 0.5) is 4.39 Å². The third kappa shape index (κ3) is 3.57. The van der Waals surface area contributed by atoms with E-state index in [0.29, 0.717) is 22.1 Å². The lowest BCUT2D eigenvalue weighted by molar-refractivity contribution is -0.132. The lowest BCUT2D eigenvalue weighted by atomic mass is 10.2. The van der Waals surface area contributed by atoms with E-state index >= 15 is 0 Å². The number of amides is 1. The van der Waals surface area contributed by atoms with Crippen molar-refractivity contribution in [2.45, 2.75) is 17.2 Å². The number of carbonyl (C=O) groups excluding carboxylic acids is 2. The summed E-state index contributed by atoms with van der Waals surface area (Å²) < 4.78 is 14.6. The first-order valence-electron chi connectivity index (χ1n) is 7.73. The predicted octanol–water partition coefficient (Wildman–Crippen LogP) is 2.07. The van der Waals surface area contributed by atoms with Crippen molar-refractivity contribution >= 4 is 29.1 Å². The van der Waals surface area contributed by atoms with E-state index in [1.807, 2.05) is 0 Å². The molecule has 3 aromatic rings. The predicted molar refractivity (Wildman–Crippen MR) is 95.2 cm³/mol. The highest BCUT2D eigenvalue weighted by Gasteiger charge is 2.27. The Kier molecular flexibility index (Phi) is 4.99. The second-order valence-electron chi connectivity index (χ2n) is 5.81. The van der Waals surface area contributed by atoms with Crippen molar-refractivity contribution in [2.75, 3.05) is 14.1 Å². The Hall–Kier alpha value is -2.81. The largest absolute Gasteiger partial charge is 0.347 e. The van der Waals surface area contributed by atoms with Crippen LogP contribution in [-0.4, -0.2) is 55.7 Å². The summed E-state index contributed by atoms with van der Waals surface area (Å²) in [5.41, 5.74) is 1.16. The molecule has 0 spiro atoms. The molecule has 0 saturated heterocycles. The summed E-state index contributed by atoms with van der Waals surface area (Å²) >= 11 is 1.07. The number of nitrogens with zero attached hydrogens (tertiary/aromatic N) is 5. The van der Waals surface area contributed by atoms with Gasteiger partial charge in [-0.05, 0) is 43.3 Å². The number of fused-ring (bicyclic) bond motifs is 1. The summed E-state index contributed by atoms with van der Waals surface area (Å²) in [6.07, 6.45) is 0. The zero-order valence-corrected chi connectivity index (χ0v) is 15.2. The number of hydrogen-bond acceptors (Lipinski definition) is 6. The number of Topliss-reactive ketones (excluding diaryl/α,β-unsaturated/α-hetero) is 1. The minimum Gasteiger partial charge on any atom is -0.347 e. The van der Waals surface area contributed by atoms with Gasteiger partial charge in [0, 0.05) is 19.7 Å². The smallest absolute Gasteiger partial charge is 0.243 e. The lowest BCUT2D eigenvalue weighted by Crippen LogP contribution is -2.36. The fraction of sp³-hybridized carbons (Fsp3) is 0.235. The molecule has 1 amide bonds. The van der Waals surface area contributed by atoms with E-state index in [-0.39, 0.29) is 17.5 Å². The van der Waals surface area contributed by atoms with Crippen LogP contribution < -0.4 is 0 Å². The Morgan fingerprint density at radius 1 is 1.12 bits per heavy atom. The van der Waals surface area contributed by atoms with E-state index in [1.54, 1.807) is 38.4 Å². The third-order valence-corrected chi connectivity index (χ3v) is 4.84. The van der Waals surface area contributed by atoms with Crippen LogP contribution in [0.15, 0.2) is 41.4 Å². The van der Waals surface area contributed by atoms with Crippen LogP contribution in [0.1, 0.15) is 6.92 Å². The van der Waals surface area contributed by atoms with Crippen molar-refractivity contribution in [1.29, 1.82) is 0 Å². The van der Waals surface area contributed by atoms with Crippen LogP contribution in [0.25, 0.3) is 17.0 Å². The number of ketones is 1. The highest BCUT2D eigenvalue weighted by Crippen LogP contribution is 2.25. The average molecular weight is 373 g/mol. The van der Waals surface area contributed by atoms with Crippen molar-refractivity contribution in [3.05, 3.63) is 42.2 Å². The Morgan fingerprint density at radius 2 is 1.81 bits per heavy atom. The average Bonchev–Trinajstić information content (AvgIpc) is 3.02. The fourth-order valence-corrected chi connectivity index (χ4v) is 3.27. The van der Waals surface area contributed by atoms with Gasteiger partial charge >= 0.3 is 0 Å². The van der Waals surface area contributed by atoms with E-state index < -0.39 is 5.25 Å². The van der Waals surface area contributed by atoms with E-state index in [1.165, 1.54) is 28.5 Å². The molecule has 3 rings (SSSR count). The Morgan fingerprint density at radius 3 is 2.42 bits per heavy atom. The van der Waals surface area contributed by atoms with Gasteiger partial charge in [0.25, 0.3) is 0 Å². The first kappa shape index (κ1) is 18.0. The standard InChI is InChI=1S/C17H16FN5O2S/c1-10(24)15(17(25)22(2)3)26-14-9-8-13-19-20-16(23(13)21-14)11-4-6-12(18)7-5-11/h4-9,15H,1-3H3. The molecule has 1 atom stereocenters. The van der Waals surface area contributed by atoms with Crippen LogP contribution >= 0.6 is 11.8 Å². The Balaban J connectivity index is 1.98. The zero-order valence-electron chi connectivity index (χ0n) is 14.4. The van der Waals surface area contributed by atoms with Gasteiger partial charge < -0.3 is 4.90 Å². The molecule has 0 saturated carbocycles. The molecule has 0 fully saturated rings. The molecule has 0 aliphatic carbocycles. The van der Waals surface area contributed by atoms with Gasteiger partial charge in [0.05, 0.1) is 0 Å². The summed E-state index contributed by atoms with van der Waals surface area (Å²) in [6.45, 7) is 1.38. The van der Waals surface area contributed by atoms with Crippen LogP contribution in [0.3, 0.4) is 0 Å². The normalized spacial score (nSPS) is 12.2. The summed E-state index contributed by atoms with van der Waals surface area (Å²) in [6, 6.07) is 9.21. The van der Waals surface area contributed by atoms with E-state index in [0.717, 1.165) is 11.8 Å². The first-order valence-corrected chi connectivity index (χ1v) is 8.61. The van der Waals surface area contributed by atoms with Crippen molar-refractivity contribution in [3.8, 4) is 11.4 Å². The molecule has 1 unspecified atom stereocenters. The Bertz CT molecular complexity index is 971. The minimum atomic E-state index is -0.874. The van der Waals surface area contributed by atoms with Gasteiger partial charge in [-0.2, -0.15) is 9.61 Å². The molecule has 0 aliphatic rings. The highest BCUT2D eigenvalue weighted by atomic mass is 32.2. The fourth-order valence-electron chi connectivity index (χ4n) is 2.28. The summed E-state index contributed by atoms with van der Waals surface area (Å²) in [7, 11) is 3.20. The molecule has 0 aliphatic heterocycles. The molecule has 26 heavy (non-hydrogen) atoms. The number of rotatable bonds is 5. The number of benzene rings is 1. The minimum absolute atomic E-state index is 0.252. The topological polar surface area (TPSA) is 80.5 Å². The van der Waals surface area contributed by atoms with Gasteiger partial charge in [0.15, 0.2) is 17.3 Å². The molecule has 9 heteroatoms. The SMILES string of the molecule is CC(=O)C(Sc1ccc2nnc(-c3ccc(F)cc3)n2n1)C(=O)N(C)C. The second kappa shape index (κ2) is 7.20. The van der Waals surface area contributed by atoms with Gasteiger partial charge in [-0.15, -0.1) is 10.2 Å². The zero-order chi connectivity index (χ0) is 18.8. The van der Waals surface area contributed by atoms with Gasteiger partial charge in [-0.3, -0.25) is 9.59 Å². The molecule has 134 valence electrons. The maximum atomic E-state index is 13.1. The summed E-state index contributed by atoms with van der Waals surface area (Å²) in [4.78, 5) is 25.5. The second-order valence-corrected chi connectivity index (χ2v) is 6.94. The molecule has 2 aromatic heterocycles. The van der Waals surface area contributed by atoms with E-state index in [2.05, 4.69) is 15.3 Å². The van der Waals surface area contributed by atoms with E-state index in [4.69, 9.17) is 0 Å². The monoisotopic (exact) mass is 373 g/mol. The highest BCUT2D eigenvalue weighted by molar-refractivity contribution is 8.01. The van der Waals surface area contributed by atoms with Crippen LogP contribution in [-0.2, 0) is 9.59 Å². The molecule has 7 nitrogen and oxygen atoms in total. The van der Waals surface area contributed by atoms with Crippen LogP contribution in [0.5, 0.6) is 0 Å². The molecule has 0 N–H and O–H groups in total. The third-order valence-electron chi connectivity index (χ3n) is 3.61. The van der Waals surface area contributed by atoms with Crippen molar-refractivity contribution < 1.29 is 14.0 Å². The van der Waals surface area contributed by atoms with Gasteiger partial charge in [0.1, 0.15) is 16.1 Å². The number of halogens is 1. The van der Waals surface area contributed by atoms with E-state index in [9.17, 15) is 14.0 Å². The molecular formula is C17H16FN5O2S. The van der Waals surface area contributed by atoms with Crippen molar-refractivity contribution in [2.24, 2.45) is 0 Å². The molecule has 0 radical (unpaired) electrons. The van der Waals surface area contributed by atoms with Gasteiger partial charge in [-0.25, -0.2) is 4.39 Å².